The molecule has 2 rings (SSSR count). The zero-order valence-corrected chi connectivity index (χ0v) is 16.3. The van der Waals surface area contributed by atoms with Crippen molar-refractivity contribution in [1.82, 2.24) is 0 Å². The molecule has 0 radical (unpaired) electrons. The molecule has 0 fully saturated rings. The SMILES string of the molecule is CCCCCOC(=O)c1ccccc1.CCCCc1c(C)cccc1O. The molecule has 0 aliphatic heterocycles. The van der Waals surface area contributed by atoms with Crippen molar-refractivity contribution in [2.45, 2.75) is 59.3 Å². The van der Waals surface area contributed by atoms with E-state index in [9.17, 15) is 9.90 Å². The van der Waals surface area contributed by atoms with Gasteiger partial charge in [0.05, 0.1) is 12.2 Å². The third kappa shape index (κ3) is 8.19. The number of phenolic OH excluding ortho intramolecular Hbond substituents is 1. The fourth-order valence-corrected chi connectivity index (χ4v) is 2.54. The summed E-state index contributed by atoms with van der Waals surface area (Å²) in [5, 5.41) is 9.52. The highest BCUT2D eigenvalue weighted by atomic mass is 16.5. The second-order valence-electron chi connectivity index (χ2n) is 6.39. The summed E-state index contributed by atoms with van der Waals surface area (Å²) in [6.45, 7) is 6.86. The van der Waals surface area contributed by atoms with Gasteiger partial charge in [0.1, 0.15) is 5.75 Å². The molecule has 0 atom stereocenters. The first-order valence-corrected chi connectivity index (χ1v) is 9.59. The van der Waals surface area contributed by atoms with E-state index in [0.29, 0.717) is 17.9 Å². The van der Waals surface area contributed by atoms with Crippen molar-refractivity contribution >= 4 is 5.97 Å². The number of esters is 1. The van der Waals surface area contributed by atoms with Gasteiger partial charge in [0.15, 0.2) is 0 Å². The first kappa shape index (κ1) is 21.8. The Labute approximate surface area is 158 Å². The third-order valence-corrected chi connectivity index (χ3v) is 4.16. The number of aryl methyl sites for hydroxylation is 1. The first-order valence-electron chi connectivity index (χ1n) is 9.59. The molecule has 0 aromatic heterocycles. The van der Waals surface area contributed by atoms with Crippen molar-refractivity contribution in [3.63, 3.8) is 0 Å². The minimum absolute atomic E-state index is 0.221. The zero-order valence-electron chi connectivity index (χ0n) is 16.3. The maximum absolute atomic E-state index is 11.4. The lowest BCUT2D eigenvalue weighted by molar-refractivity contribution is 0.0498. The number of phenols is 1. The maximum atomic E-state index is 11.4. The molecule has 0 unspecified atom stereocenters. The van der Waals surface area contributed by atoms with E-state index < -0.39 is 0 Å². The van der Waals surface area contributed by atoms with Crippen molar-refractivity contribution in [3.05, 3.63) is 65.2 Å². The minimum atomic E-state index is -0.221. The lowest BCUT2D eigenvalue weighted by Gasteiger charge is -2.06. The van der Waals surface area contributed by atoms with Crippen molar-refractivity contribution in [3.8, 4) is 5.75 Å². The third-order valence-electron chi connectivity index (χ3n) is 4.16. The number of benzene rings is 2. The molecule has 3 nitrogen and oxygen atoms in total. The first-order chi connectivity index (χ1) is 12.6. The summed E-state index contributed by atoms with van der Waals surface area (Å²) < 4.78 is 5.09. The molecule has 0 saturated heterocycles. The molecule has 0 aliphatic carbocycles. The van der Waals surface area contributed by atoms with Crippen LogP contribution >= 0.6 is 0 Å². The molecule has 0 bridgehead atoms. The number of unbranched alkanes of at least 4 members (excludes halogenated alkanes) is 3. The summed E-state index contributed by atoms with van der Waals surface area (Å²) in [5.74, 6) is 0.227. The van der Waals surface area contributed by atoms with Gasteiger partial charge in [-0.15, -0.1) is 0 Å². The van der Waals surface area contributed by atoms with Crippen LogP contribution in [0.4, 0.5) is 0 Å². The number of hydrogen-bond acceptors (Lipinski definition) is 3. The summed E-state index contributed by atoms with van der Waals surface area (Å²) in [6.07, 6.45) is 6.53. The highest BCUT2D eigenvalue weighted by Crippen LogP contribution is 2.22. The highest BCUT2D eigenvalue weighted by Gasteiger charge is 2.04. The van der Waals surface area contributed by atoms with Crippen molar-refractivity contribution in [2.24, 2.45) is 0 Å². The van der Waals surface area contributed by atoms with Crippen LogP contribution in [0.1, 0.15) is 67.4 Å². The number of ether oxygens (including phenoxy) is 1. The Kier molecular flexibility index (Phi) is 10.9. The van der Waals surface area contributed by atoms with Gasteiger partial charge in [0.25, 0.3) is 0 Å². The van der Waals surface area contributed by atoms with Gasteiger partial charge in [-0.25, -0.2) is 4.79 Å². The summed E-state index contributed by atoms with van der Waals surface area (Å²) in [7, 11) is 0. The van der Waals surface area contributed by atoms with E-state index in [0.717, 1.165) is 37.7 Å². The van der Waals surface area contributed by atoms with Crippen LogP contribution in [-0.4, -0.2) is 17.7 Å². The van der Waals surface area contributed by atoms with Gasteiger partial charge in [-0.1, -0.05) is 63.4 Å². The fraction of sp³-hybridized carbons (Fsp3) is 0.435. The van der Waals surface area contributed by atoms with Gasteiger partial charge in [-0.3, -0.25) is 0 Å². The maximum Gasteiger partial charge on any atom is 0.338 e. The molecule has 0 aliphatic rings. The Morgan fingerprint density at radius 1 is 0.923 bits per heavy atom. The fourth-order valence-electron chi connectivity index (χ4n) is 2.54. The number of carbonyl (C=O) groups excluding carboxylic acids is 1. The van der Waals surface area contributed by atoms with Crippen LogP contribution in [0.15, 0.2) is 48.5 Å². The van der Waals surface area contributed by atoms with Gasteiger partial charge < -0.3 is 9.84 Å². The Morgan fingerprint density at radius 2 is 1.62 bits per heavy atom. The van der Waals surface area contributed by atoms with Crippen LogP contribution in [0, 0.1) is 6.92 Å². The smallest absolute Gasteiger partial charge is 0.338 e. The molecule has 2 aromatic carbocycles. The molecule has 1 N–H and O–H groups in total. The number of aromatic hydroxyl groups is 1. The molecule has 0 saturated carbocycles. The van der Waals surface area contributed by atoms with E-state index in [2.05, 4.69) is 13.8 Å². The standard InChI is InChI=1S/C12H16O2.C11H16O/c1-2-3-7-10-14-12(13)11-8-5-4-6-9-11;1-3-4-7-10-9(2)6-5-8-11(10)12/h4-6,8-9H,2-3,7,10H2,1H3;5-6,8,12H,3-4,7H2,1-2H3. The Hall–Kier alpha value is -2.29. The molecule has 0 amide bonds. The van der Waals surface area contributed by atoms with E-state index in [-0.39, 0.29) is 5.97 Å². The quantitative estimate of drug-likeness (QED) is 0.461. The van der Waals surface area contributed by atoms with Crippen LogP contribution in [0.5, 0.6) is 5.75 Å². The minimum Gasteiger partial charge on any atom is -0.508 e. The van der Waals surface area contributed by atoms with Gasteiger partial charge in [0, 0.05) is 0 Å². The predicted octanol–water partition coefficient (Wildman–Crippen LogP) is 6.08. The van der Waals surface area contributed by atoms with E-state index in [1.165, 1.54) is 12.0 Å². The number of carbonyl (C=O) groups is 1. The molecule has 2 aromatic rings. The molecule has 142 valence electrons. The molecule has 0 heterocycles. The summed E-state index contributed by atoms with van der Waals surface area (Å²) in [5.41, 5.74) is 2.94. The van der Waals surface area contributed by atoms with E-state index in [4.69, 9.17) is 4.74 Å². The summed E-state index contributed by atoms with van der Waals surface area (Å²) in [6, 6.07) is 14.8. The van der Waals surface area contributed by atoms with Crippen LogP contribution in [-0.2, 0) is 11.2 Å². The number of rotatable bonds is 8. The number of hydrogen-bond donors (Lipinski definition) is 1. The van der Waals surface area contributed by atoms with Crippen LogP contribution in [0.2, 0.25) is 0 Å². The second kappa shape index (κ2) is 13.0. The predicted molar refractivity (Wildman–Crippen MR) is 108 cm³/mol. The van der Waals surface area contributed by atoms with Gasteiger partial charge in [-0.2, -0.15) is 0 Å². The summed E-state index contributed by atoms with van der Waals surface area (Å²) in [4.78, 5) is 11.4. The molecule has 26 heavy (non-hydrogen) atoms. The average molecular weight is 357 g/mol. The van der Waals surface area contributed by atoms with Crippen molar-refractivity contribution in [2.75, 3.05) is 6.61 Å². The highest BCUT2D eigenvalue weighted by molar-refractivity contribution is 5.89. The Morgan fingerprint density at radius 3 is 2.23 bits per heavy atom. The Balaban J connectivity index is 0.000000263. The van der Waals surface area contributed by atoms with Crippen molar-refractivity contribution in [1.29, 1.82) is 0 Å². The summed E-state index contributed by atoms with van der Waals surface area (Å²) >= 11 is 0. The lowest BCUT2D eigenvalue weighted by atomic mass is 10.0. The van der Waals surface area contributed by atoms with E-state index in [1.54, 1.807) is 18.2 Å². The monoisotopic (exact) mass is 356 g/mol. The van der Waals surface area contributed by atoms with Gasteiger partial charge in [0.2, 0.25) is 0 Å². The van der Waals surface area contributed by atoms with Gasteiger partial charge >= 0.3 is 5.97 Å². The molecular formula is C23H32O3. The van der Waals surface area contributed by atoms with Crippen molar-refractivity contribution < 1.29 is 14.6 Å². The molecule has 3 heteroatoms. The lowest BCUT2D eigenvalue weighted by Crippen LogP contribution is -2.05. The average Bonchev–Trinajstić information content (AvgIpc) is 2.66. The van der Waals surface area contributed by atoms with Crippen LogP contribution < -0.4 is 0 Å². The normalized spacial score (nSPS) is 9.96. The van der Waals surface area contributed by atoms with E-state index in [1.807, 2.05) is 37.3 Å². The van der Waals surface area contributed by atoms with Crippen LogP contribution in [0.3, 0.4) is 0 Å². The van der Waals surface area contributed by atoms with Gasteiger partial charge in [-0.05, 0) is 55.5 Å². The van der Waals surface area contributed by atoms with E-state index >= 15 is 0 Å². The zero-order chi connectivity index (χ0) is 19.2. The molecule has 0 spiro atoms. The molecular weight excluding hydrogens is 324 g/mol. The van der Waals surface area contributed by atoms with Crippen LogP contribution in [0.25, 0.3) is 0 Å². The second-order valence-corrected chi connectivity index (χ2v) is 6.39. The topological polar surface area (TPSA) is 46.5 Å². The Bertz CT molecular complexity index is 615. The largest absolute Gasteiger partial charge is 0.508 e.